The number of pyridine rings is 1. The Kier molecular flexibility index (Phi) is 5.94. The van der Waals surface area contributed by atoms with Crippen molar-refractivity contribution in [1.29, 1.82) is 0 Å². The molecule has 2 aromatic heterocycles. The fourth-order valence-electron chi connectivity index (χ4n) is 3.83. The van der Waals surface area contributed by atoms with E-state index in [4.69, 9.17) is 17.3 Å². The lowest BCUT2D eigenvalue weighted by Crippen LogP contribution is -2.50. The molecule has 1 fully saturated rings. The van der Waals surface area contributed by atoms with Crippen LogP contribution in [0.3, 0.4) is 0 Å². The van der Waals surface area contributed by atoms with Gasteiger partial charge < -0.3 is 26.3 Å². The lowest BCUT2D eigenvalue weighted by atomic mass is 10.1. The van der Waals surface area contributed by atoms with Crippen molar-refractivity contribution >= 4 is 45.8 Å². The monoisotopic (exact) mass is 444 g/mol. The van der Waals surface area contributed by atoms with Crippen LogP contribution >= 0.6 is 11.6 Å². The molecule has 1 saturated heterocycles. The second-order valence-corrected chi connectivity index (χ2v) is 7.84. The lowest BCUT2D eigenvalue weighted by molar-refractivity contribution is -0.132. The Bertz CT molecular complexity index is 1110. The van der Waals surface area contributed by atoms with E-state index in [1.54, 1.807) is 23.2 Å². The van der Waals surface area contributed by atoms with Crippen molar-refractivity contribution in [3.8, 4) is 0 Å². The molecule has 3 aromatic rings. The Hall–Kier alpha value is -3.33. The number of fused-ring (bicyclic) bond motifs is 1. The van der Waals surface area contributed by atoms with E-state index < -0.39 is 11.7 Å². The predicted octanol–water partition coefficient (Wildman–Crippen LogP) is 3.32. The number of nitrogens with zero attached hydrogens (tertiary/aromatic N) is 2. The van der Waals surface area contributed by atoms with Crippen LogP contribution in [-0.2, 0) is 4.79 Å². The molecule has 2 amide bonds. The number of nitrogens with one attached hydrogen (secondary N) is 3. The Morgan fingerprint density at radius 3 is 2.94 bits per heavy atom. The average Bonchev–Trinajstić information content (AvgIpc) is 3.21. The molecule has 0 bridgehead atoms. The average molecular weight is 445 g/mol. The molecule has 162 valence electrons. The number of benzene rings is 1. The van der Waals surface area contributed by atoms with E-state index in [0.717, 1.165) is 18.2 Å². The van der Waals surface area contributed by atoms with E-state index >= 15 is 0 Å². The maximum absolute atomic E-state index is 13.5. The second kappa shape index (κ2) is 8.81. The van der Waals surface area contributed by atoms with Gasteiger partial charge in [-0.15, -0.1) is 0 Å². The second-order valence-electron chi connectivity index (χ2n) is 7.41. The maximum atomic E-state index is 13.5. The molecule has 0 aliphatic carbocycles. The number of nitrogens with two attached hydrogens (primary N) is 1. The van der Waals surface area contributed by atoms with Gasteiger partial charge in [0.25, 0.3) is 5.91 Å². The number of H-pyrrole nitrogens is 1. The number of likely N-dealkylation sites (tertiary alicyclic amines) is 1. The Morgan fingerprint density at radius 2 is 2.16 bits per heavy atom. The molecule has 1 unspecified atom stereocenters. The first kappa shape index (κ1) is 20.9. The summed E-state index contributed by atoms with van der Waals surface area (Å²) in [7, 11) is 0. The lowest BCUT2D eigenvalue weighted by Gasteiger charge is -2.37. The molecule has 31 heavy (non-hydrogen) atoms. The van der Waals surface area contributed by atoms with Gasteiger partial charge in [0.2, 0.25) is 5.91 Å². The zero-order valence-electron chi connectivity index (χ0n) is 16.6. The number of aromatic nitrogens is 2. The fraction of sp³-hybridized carbons (Fsp3) is 0.286. The van der Waals surface area contributed by atoms with E-state index in [-0.39, 0.29) is 29.2 Å². The highest BCUT2D eigenvalue weighted by Crippen LogP contribution is 2.29. The molecule has 0 saturated carbocycles. The van der Waals surface area contributed by atoms with Crippen molar-refractivity contribution in [1.82, 2.24) is 14.9 Å². The first-order chi connectivity index (χ1) is 14.9. The molecule has 0 radical (unpaired) electrons. The SMILES string of the molecule is NC(=O)c1cnc2[nH]ccc2c1NC1CCCCN1C(=O)CNc1cc(F)cc(Cl)c1. The fourth-order valence-corrected chi connectivity index (χ4v) is 4.05. The van der Waals surface area contributed by atoms with Crippen LogP contribution in [-0.4, -0.2) is 45.9 Å². The summed E-state index contributed by atoms with van der Waals surface area (Å²) in [5.41, 5.74) is 7.41. The number of carbonyl (C=O) groups is 2. The number of hydrogen-bond acceptors (Lipinski definition) is 5. The van der Waals surface area contributed by atoms with Crippen molar-refractivity contribution < 1.29 is 14.0 Å². The summed E-state index contributed by atoms with van der Waals surface area (Å²) in [5, 5.41) is 7.25. The van der Waals surface area contributed by atoms with Gasteiger partial charge in [-0.2, -0.15) is 0 Å². The van der Waals surface area contributed by atoms with Gasteiger partial charge in [0.1, 0.15) is 17.6 Å². The highest BCUT2D eigenvalue weighted by atomic mass is 35.5. The number of piperidine rings is 1. The maximum Gasteiger partial charge on any atom is 0.252 e. The Balaban J connectivity index is 1.53. The summed E-state index contributed by atoms with van der Waals surface area (Å²) < 4.78 is 13.5. The van der Waals surface area contributed by atoms with Gasteiger partial charge in [-0.1, -0.05) is 11.6 Å². The summed E-state index contributed by atoms with van der Waals surface area (Å²) >= 11 is 5.88. The molecule has 1 aromatic carbocycles. The summed E-state index contributed by atoms with van der Waals surface area (Å²) in [4.78, 5) is 33.9. The topological polar surface area (TPSA) is 116 Å². The number of hydrogen-bond donors (Lipinski definition) is 4. The zero-order valence-corrected chi connectivity index (χ0v) is 17.4. The minimum absolute atomic E-state index is 0.0173. The third-order valence-electron chi connectivity index (χ3n) is 5.29. The summed E-state index contributed by atoms with van der Waals surface area (Å²) in [6.07, 6.45) is 5.34. The number of carbonyl (C=O) groups excluding carboxylic acids is 2. The largest absolute Gasteiger partial charge is 0.376 e. The highest BCUT2D eigenvalue weighted by Gasteiger charge is 2.28. The van der Waals surface area contributed by atoms with Crippen LogP contribution in [0.15, 0.2) is 36.7 Å². The van der Waals surface area contributed by atoms with Crippen molar-refractivity contribution in [3.63, 3.8) is 0 Å². The van der Waals surface area contributed by atoms with Crippen LogP contribution in [0.4, 0.5) is 15.8 Å². The standard InChI is InChI=1S/C21H22ClFN6O2/c22-12-7-13(23)9-14(8-12)26-11-18(30)29-6-2-1-3-17(29)28-19-15-4-5-25-21(15)27-10-16(19)20(24)31/h4-5,7-10,17,26H,1-3,6,11H2,(H2,24,31)(H2,25,27,28). The van der Waals surface area contributed by atoms with E-state index in [1.807, 2.05) is 0 Å². The number of rotatable bonds is 6. The molecule has 8 nitrogen and oxygen atoms in total. The van der Waals surface area contributed by atoms with Crippen LogP contribution in [0.5, 0.6) is 0 Å². The predicted molar refractivity (Wildman–Crippen MR) is 117 cm³/mol. The van der Waals surface area contributed by atoms with Gasteiger partial charge in [-0.3, -0.25) is 9.59 Å². The van der Waals surface area contributed by atoms with Crippen molar-refractivity contribution in [2.75, 3.05) is 23.7 Å². The van der Waals surface area contributed by atoms with Crippen LogP contribution < -0.4 is 16.4 Å². The van der Waals surface area contributed by atoms with E-state index in [1.165, 1.54) is 18.3 Å². The number of aromatic amines is 1. The third-order valence-corrected chi connectivity index (χ3v) is 5.51. The quantitative estimate of drug-likeness (QED) is 0.465. The van der Waals surface area contributed by atoms with Crippen LogP contribution in [0.25, 0.3) is 11.0 Å². The first-order valence-electron chi connectivity index (χ1n) is 9.94. The van der Waals surface area contributed by atoms with Gasteiger partial charge in [-0.05, 0) is 43.5 Å². The molecule has 1 aliphatic heterocycles. The van der Waals surface area contributed by atoms with Crippen LogP contribution in [0.1, 0.15) is 29.6 Å². The van der Waals surface area contributed by atoms with E-state index in [2.05, 4.69) is 20.6 Å². The first-order valence-corrected chi connectivity index (χ1v) is 10.3. The molecule has 10 heteroatoms. The molecule has 4 rings (SSSR count). The van der Waals surface area contributed by atoms with Gasteiger partial charge in [0, 0.05) is 35.0 Å². The number of halogens is 2. The van der Waals surface area contributed by atoms with Crippen molar-refractivity contribution in [2.45, 2.75) is 25.4 Å². The molecular formula is C21H22ClFN6O2. The Morgan fingerprint density at radius 1 is 1.32 bits per heavy atom. The van der Waals surface area contributed by atoms with Gasteiger partial charge >= 0.3 is 0 Å². The third kappa shape index (κ3) is 4.56. The molecule has 1 atom stereocenters. The highest BCUT2D eigenvalue weighted by molar-refractivity contribution is 6.30. The molecular weight excluding hydrogens is 423 g/mol. The minimum atomic E-state index is -0.601. The number of primary amides is 1. The van der Waals surface area contributed by atoms with Crippen molar-refractivity contribution in [3.05, 3.63) is 53.1 Å². The molecule has 1 aliphatic rings. The van der Waals surface area contributed by atoms with Crippen LogP contribution in [0, 0.1) is 5.82 Å². The van der Waals surface area contributed by atoms with Gasteiger partial charge in [0.15, 0.2) is 0 Å². The molecule has 0 spiro atoms. The van der Waals surface area contributed by atoms with E-state index in [9.17, 15) is 14.0 Å². The van der Waals surface area contributed by atoms with E-state index in [0.29, 0.717) is 30.0 Å². The van der Waals surface area contributed by atoms with Crippen LogP contribution in [0.2, 0.25) is 5.02 Å². The normalized spacial score (nSPS) is 16.3. The Labute approximate surface area is 183 Å². The molecule has 3 heterocycles. The summed E-state index contributed by atoms with van der Waals surface area (Å²) in [6.45, 7) is 0.548. The summed E-state index contributed by atoms with van der Waals surface area (Å²) in [6, 6.07) is 5.85. The number of amides is 2. The van der Waals surface area contributed by atoms with Crippen molar-refractivity contribution in [2.24, 2.45) is 5.73 Å². The smallest absolute Gasteiger partial charge is 0.252 e. The number of anilines is 2. The minimum Gasteiger partial charge on any atom is -0.376 e. The zero-order chi connectivity index (χ0) is 22.0. The summed E-state index contributed by atoms with van der Waals surface area (Å²) in [5.74, 6) is -1.24. The van der Waals surface area contributed by atoms with Gasteiger partial charge in [-0.25, -0.2) is 9.37 Å². The van der Waals surface area contributed by atoms with Gasteiger partial charge in [0.05, 0.1) is 17.8 Å². The molecule has 5 N–H and O–H groups in total.